The molecule has 20 heavy (non-hydrogen) atoms. The fourth-order valence-corrected chi connectivity index (χ4v) is 2.23. The van der Waals surface area contributed by atoms with Crippen LogP contribution in [-0.2, 0) is 0 Å². The molecule has 4 heteroatoms. The van der Waals surface area contributed by atoms with Gasteiger partial charge in [0.25, 0.3) is 0 Å². The SMILES string of the molecule is Cc1ccc(C(O)C(CN)c2cc(F)cc(F)c2)cc1. The summed E-state index contributed by atoms with van der Waals surface area (Å²) >= 11 is 0. The highest BCUT2D eigenvalue weighted by molar-refractivity contribution is 5.29. The molecular weight excluding hydrogens is 260 g/mol. The molecular formula is C16H17F2NO. The molecule has 2 nitrogen and oxygen atoms in total. The highest BCUT2D eigenvalue weighted by Gasteiger charge is 2.22. The first-order valence-electron chi connectivity index (χ1n) is 6.42. The zero-order valence-corrected chi connectivity index (χ0v) is 11.2. The number of benzene rings is 2. The van der Waals surface area contributed by atoms with E-state index in [-0.39, 0.29) is 6.54 Å². The van der Waals surface area contributed by atoms with Crippen molar-refractivity contribution in [2.24, 2.45) is 5.73 Å². The van der Waals surface area contributed by atoms with Crippen LogP contribution in [0.15, 0.2) is 42.5 Å². The number of nitrogens with two attached hydrogens (primary N) is 1. The van der Waals surface area contributed by atoms with Crippen LogP contribution in [0.5, 0.6) is 0 Å². The zero-order chi connectivity index (χ0) is 14.7. The van der Waals surface area contributed by atoms with Gasteiger partial charge >= 0.3 is 0 Å². The van der Waals surface area contributed by atoms with Gasteiger partial charge in [0, 0.05) is 18.5 Å². The van der Waals surface area contributed by atoms with Crippen LogP contribution in [0.3, 0.4) is 0 Å². The monoisotopic (exact) mass is 277 g/mol. The summed E-state index contributed by atoms with van der Waals surface area (Å²) in [6.45, 7) is 2.04. The minimum atomic E-state index is -0.901. The van der Waals surface area contributed by atoms with Crippen molar-refractivity contribution in [3.8, 4) is 0 Å². The van der Waals surface area contributed by atoms with Gasteiger partial charge in [0.05, 0.1) is 6.10 Å². The van der Waals surface area contributed by atoms with Crippen LogP contribution in [0.25, 0.3) is 0 Å². The first kappa shape index (κ1) is 14.6. The molecule has 2 atom stereocenters. The Labute approximate surface area is 116 Å². The summed E-state index contributed by atoms with van der Waals surface area (Å²) in [5.74, 6) is -1.90. The summed E-state index contributed by atoms with van der Waals surface area (Å²) in [7, 11) is 0. The zero-order valence-electron chi connectivity index (χ0n) is 11.2. The molecule has 0 aliphatic heterocycles. The van der Waals surface area contributed by atoms with Crippen molar-refractivity contribution in [2.75, 3.05) is 6.54 Å². The predicted octanol–water partition coefficient (Wildman–Crippen LogP) is 3.05. The van der Waals surface area contributed by atoms with Gasteiger partial charge in [0.1, 0.15) is 11.6 Å². The Balaban J connectivity index is 2.33. The first-order valence-corrected chi connectivity index (χ1v) is 6.42. The Kier molecular flexibility index (Phi) is 4.47. The van der Waals surface area contributed by atoms with Crippen LogP contribution in [0.2, 0.25) is 0 Å². The molecule has 0 fully saturated rings. The largest absolute Gasteiger partial charge is 0.388 e. The molecule has 0 radical (unpaired) electrons. The van der Waals surface area contributed by atoms with E-state index < -0.39 is 23.7 Å². The first-order chi connectivity index (χ1) is 9.51. The molecule has 2 unspecified atom stereocenters. The van der Waals surface area contributed by atoms with Gasteiger partial charge in [0.15, 0.2) is 0 Å². The van der Waals surface area contributed by atoms with Gasteiger partial charge in [-0.15, -0.1) is 0 Å². The second-order valence-corrected chi connectivity index (χ2v) is 4.90. The quantitative estimate of drug-likeness (QED) is 0.902. The van der Waals surface area contributed by atoms with E-state index in [0.29, 0.717) is 11.1 Å². The molecule has 0 spiro atoms. The van der Waals surface area contributed by atoms with Crippen molar-refractivity contribution in [3.05, 3.63) is 70.8 Å². The van der Waals surface area contributed by atoms with Crippen molar-refractivity contribution >= 4 is 0 Å². The molecule has 2 aromatic carbocycles. The van der Waals surface area contributed by atoms with Crippen molar-refractivity contribution in [1.82, 2.24) is 0 Å². The summed E-state index contributed by atoms with van der Waals surface area (Å²) in [6, 6.07) is 10.5. The summed E-state index contributed by atoms with van der Waals surface area (Å²) in [6.07, 6.45) is -0.901. The van der Waals surface area contributed by atoms with Crippen LogP contribution < -0.4 is 5.73 Å². The fourth-order valence-electron chi connectivity index (χ4n) is 2.23. The summed E-state index contributed by atoms with van der Waals surface area (Å²) in [5.41, 5.74) is 7.78. The Morgan fingerprint density at radius 1 is 1.00 bits per heavy atom. The lowest BCUT2D eigenvalue weighted by atomic mass is 9.89. The van der Waals surface area contributed by atoms with E-state index in [2.05, 4.69) is 0 Å². The van der Waals surface area contributed by atoms with E-state index in [1.54, 1.807) is 12.1 Å². The van der Waals surface area contributed by atoms with Crippen LogP contribution in [-0.4, -0.2) is 11.7 Å². The average molecular weight is 277 g/mol. The number of hydrogen-bond acceptors (Lipinski definition) is 2. The number of hydrogen-bond donors (Lipinski definition) is 2. The average Bonchev–Trinajstić information content (AvgIpc) is 2.39. The van der Waals surface area contributed by atoms with Crippen molar-refractivity contribution in [3.63, 3.8) is 0 Å². The van der Waals surface area contributed by atoms with Crippen LogP contribution in [0, 0.1) is 18.6 Å². The molecule has 0 amide bonds. The van der Waals surface area contributed by atoms with Crippen LogP contribution >= 0.6 is 0 Å². The van der Waals surface area contributed by atoms with Crippen molar-refractivity contribution < 1.29 is 13.9 Å². The van der Waals surface area contributed by atoms with Gasteiger partial charge in [-0.3, -0.25) is 0 Å². The minimum absolute atomic E-state index is 0.0952. The highest BCUT2D eigenvalue weighted by Crippen LogP contribution is 2.31. The summed E-state index contributed by atoms with van der Waals surface area (Å²) < 4.78 is 26.6. The third-order valence-electron chi connectivity index (χ3n) is 3.37. The molecule has 0 aliphatic rings. The molecule has 0 saturated heterocycles. The van der Waals surface area contributed by atoms with E-state index in [0.717, 1.165) is 11.6 Å². The van der Waals surface area contributed by atoms with Gasteiger partial charge in [0.2, 0.25) is 0 Å². The number of rotatable bonds is 4. The minimum Gasteiger partial charge on any atom is -0.388 e. The second kappa shape index (κ2) is 6.11. The van der Waals surface area contributed by atoms with Gasteiger partial charge in [-0.2, -0.15) is 0 Å². The number of aliphatic hydroxyl groups is 1. The Bertz CT molecular complexity index is 563. The molecule has 106 valence electrons. The topological polar surface area (TPSA) is 46.2 Å². The molecule has 0 heterocycles. The predicted molar refractivity (Wildman–Crippen MR) is 74.3 cm³/mol. The van der Waals surface area contributed by atoms with Crippen molar-refractivity contribution in [1.29, 1.82) is 0 Å². The lowest BCUT2D eigenvalue weighted by molar-refractivity contribution is 0.147. The summed E-state index contributed by atoms with van der Waals surface area (Å²) in [5, 5.41) is 10.4. The van der Waals surface area contributed by atoms with E-state index >= 15 is 0 Å². The van der Waals surface area contributed by atoms with Crippen molar-refractivity contribution in [2.45, 2.75) is 18.9 Å². The Morgan fingerprint density at radius 3 is 2.05 bits per heavy atom. The maximum absolute atomic E-state index is 13.3. The number of aliphatic hydroxyl groups excluding tert-OH is 1. The lowest BCUT2D eigenvalue weighted by Crippen LogP contribution is -2.20. The van der Waals surface area contributed by atoms with E-state index in [1.165, 1.54) is 12.1 Å². The Morgan fingerprint density at radius 2 is 1.55 bits per heavy atom. The van der Waals surface area contributed by atoms with E-state index in [4.69, 9.17) is 5.73 Å². The third-order valence-corrected chi connectivity index (χ3v) is 3.37. The molecule has 2 aromatic rings. The number of halogens is 2. The maximum Gasteiger partial charge on any atom is 0.126 e. The molecule has 0 aliphatic carbocycles. The third kappa shape index (κ3) is 3.21. The van der Waals surface area contributed by atoms with E-state index in [9.17, 15) is 13.9 Å². The summed E-state index contributed by atoms with van der Waals surface area (Å²) in [4.78, 5) is 0. The van der Waals surface area contributed by atoms with Crippen LogP contribution in [0.1, 0.15) is 28.7 Å². The Hall–Kier alpha value is -1.78. The van der Waals surface area contributed by atoms with Crippen LogP contribution in [0.4, 0.5) is 8.78 Å². The van der Waals surface area contributed by atoms with Gasteiger partial charge in [-0.1, -0.05) is 29.8 Å². The lowest BCUT2D eigenvalue weighted by Gasteiger charge is -2.22. The highest BCUT2D eigenvalue weighted by atomic mass is 19.1. The molecule has 3 N–H and O–H groups in total. The maximum atomic E-state index is 13.3. The normalized spacial score (nSPS) is 14.1. The molecule has 0 aromatic heterocycles. The fraction of sp³-hybridized carbons (Fsp3) is 0.250. The molecule has 0 bridgehead atoms. The smallest absolute Gasteiger partial charge is 0.126 e. The van der Waals surface area contributed by atoms with E-state index in [1.807, 2.05) is 19.1 Å². The number of aryl methyl sites for hydroxylation is 1. The standard InChI is InChI=1S/C16H17F2NO/c1-10-2-4-11(5-3-10)16(20)15(9-19)12-6-13(17)8-14(18)7-12/h2-8,15-16,20H,9,19H2,1H3. The molecule has 2 rings (SSSR count). The van der Waals surface area contributed by atoms with Gasteiger partial charge in [-0.25, -0.2) is 8.78 Å². The second-order valence-electron chi connectivity index (χ2n) is 4.90. The van der Waals surface area contributed by atoms with Gasteiger partial charge < -0.3 is 10.8 Å². The van der Waals surface area contributed by atoms with Gasteiger partial charge in [-0.05, 0) is 30.2 Å². The molecule has 0 saturated carbocycles.